The maximum Gasteiger partial charge on any atom is 0.172 e. The molecule has 0 atom stereocenters. The zero-order valence-electron chi connectivity index (χ0n) is 12.7. The minimum Gasteiger partial charge on any atom is -0.296 e. The van der Waals surface area contributed by atoms with Crippen molar-refractivity contribution in [3.05, 3.63) is 47.3 Å². The van der Waals surface area contributed by atoms with Gasteiger partial charge in [-0.05, 0) is 12.0 Å². The normalized spacial score (nSPS) is 10.7. The third kappa shape index (κ3) is 4.52. The SMILES string of the molecule is CCCCCCCn1nnc(C=O)c1Cc1ccccc1. The Morgan fingerprint density at radius 3 is 2.57 bits per heavy atom. The number of aldehydes is 1. The summed E-state index contributed by atoms with van der Waals surface area (Å²) >= 11 is 0. The fraction of sp³-hybridized carbons (Fsp3) is 0.471. The summed E-state index contributed by atoms with van der Waals surface area (Å²) in [6.07, 6.45) is 7.60. The number of carbonyl (C=O) groups is 1. The van der Waals surface area contributed by atoms with E-state index in [-0.39, 0.29) is 0 Å². The Hall–Kier alpha value is -1.97. The first-order valence-electron chi connectivity index (χ1n) is 7.76. The average Bonchev–Trinajstić information content (AvgIpc) is 2.90. The minimum absolute atomic E-state index is 0.465. The van der Waals surface area contributed by atoms with Crippen LogP contribution < -0.4 is 0 Å². The van der Waals surface area contributed by atoms with Crippen molar-refractivity contribution in [1.82, 2.24) is 15.0 Å². The molecule has 0 spiro atoms. The van der Waals surface area contributed by atoms with E-state index in [0.29, 0.717) is 12.1 Å². The molecule has 4 nitrogen and oxygen atoms in total. The monoisotopic (exact) mass is 285 g/mol. The van der Waals surface area contributed by atoms with Gasteiger partial charge in [0.2, 0.25) is 0 Å². The third-order valence-electron chi connectivity index (χ3n) is 3.67. The van der Waals surface area contributed by atoms with E-state index in [1.165, 1.54) is 31.2 Å². The van der Waals surface area contributed by atoms with Gasteiger partial charge in [-0.1, -0.05) is 68.2 Å². The van der Waals surface area contributed by atoms with Crippen LogP contribution >= 0.6 is 0 Å². The van der Waals surface area contributed by atoms with Crippen molar-refractivity contribution in [3.8, 4) is 0 Å². The molecule has 0 fully saturated rings. The van der Waals surface area contributed by atoms with Gasteiger partial charge in [0.25, 0.3) is 0 Å². The van der Waals surface area contributed by atoms with Gasteiger partial charge in [-0.15, -0.1) is 5.10 Å². The second kappa shape index (κ2) is 8.35. The van der Waals surface area contributed by atoms with Crippen molar-refractivity contribution in [2.24, 2.45) is 0 Å². The number of aryl methyl sites for hydroxylation is 1. The Labute approximate surface area is 126 Å². The van der Waals surface area contributed by atoms with Crippen molar-refractivity contribution >= 4 is 6.29 Å². The number of nitrogens with zero attached hydrogens (tertiary/aromatic N) is 3. The maximum atomic E-state index is 11.1. The van der Waals surface area contributed by atoms with E-state index in [1.807, 2.05) is 22.9 Å². The van der Waals surface area contributed by atoms with Gasteiger partial charge in [0.05, 0.1) is 5.69 Å². The van der Waals surface area contributed by atoms with Gasteiger partial charge in [0, 0.05) is 13.0 Å². The molecule has 0 radical (unpaired) electrons. The Balaban J connectivity index is 2.01. The zero-order chi connectivity index (χ0) is 14.9. The number of carbonyl (C=O) groups excluding carboxylic acids is 1. The largest absolute Gasteiger partial charge is 0.296 e. The molecule has 0 saturated carbocycles. The van der Waals surface area contributed by atoms with E-state index in [2.05, 4.69) is 29.4 Å². The fourth-order valence-corrected chi connectivity index (χ4v) is 2.45. The first kappa shape index (κ1) is 15.4. The molecule has 1 aromatic heterocycles. The molecule has 0 amide bonds. The summed E-state index contributed by atoms with van der Waals surface area (Å²) in [5, 5.41) is 8.13. The van der Waals surface area contributed by atoms with E-state index in [9.17, 15) is 4.79 Å². The third-order valence-corrected chi connectivity index (χ3v) is 3.67. The zero-order valence-corrected chi connectivity index (χ0v) is 12.7. The van der Waals surface area contributed by atoms with Crippen molar-refractivity contribution < 1.29 is 4.79 Å². The Morgan fingerprint density at radius 1 is 1.10 bits per heavy atom. The van der Waals surface area contributed by atoms with Gasteiger partial charge in [-0.2, -0.15) is 0 Å². The quantitative estimate of drug-likeness (QED) is 0.522. The van der Waals surface area contributed by atoms with E-state index in [0.717, 1.165) is 24.9 Å². The number of unbranched alkanes of at least 4 members (excludes halogenated alkanes) is 4. The molecule has 4 heteroatoms. The van der Waals surface area contributed by atoms with E-state index < -0.39 is 0 Å². The van der Waals surface area contributed by atoms with Gasteiger partial charge in [0.1, 0.15) is 5.69 Å². The number of hydrogen-bond acceptors (Lipinski definition) is 3. The number of hydrogen-bond donors (Lipinski definition) is 0. The minimum atomic E-state index is 0.465. The predicted octanol–water partition coefficient (Wildman–Crippen LogP) is 3.65. The highest BCUT2D eigenvalue weighted by molar-refractivity contribution is 5.73. The average molecular weight is 285 g/mol. The van der Waals surface area contributed by atoms with E-state index in [1.54, 1.807) is 0 Å². The van der Waals surface area contributed by atoms with E-state index in [4.69, 9.17) is 0 Å². The Kier molecular flexibility index (Phi) is 6.13. The lowest BCUT2D eigenvalue weighted by atomic mass is 10.1. The smallest absolute Gasteiger partial charge is 0.172 e. The Bertz CT molecular complexity index is 548. The van der Waals surface area contributed by atoms with Crippen LogP contribution in [-0.4, -0.2) is 21.3 Å². The van der Waals surface area contributed by atoms with Crippen molar-refractivity contribution in [1.29, 1.82) is 0 Å². The second-order valence-corrected chi connectivity index (χ2v) is 5.34. The summed E-state index contributed by atoms with van der Waals surface area (Å²) in [5.41, 5.74) is 2.56. The summed E-state index contributed by atoms with van der Waals surface area (Å²) in [6.45, 7) is 3.05. The highest BCUT2D eigenvalue weighted by atomic mass is 16.1. The molecule has 21 heavy (non-hydrogen) atoms. The molecule has 2 aromatic rings. The molecule has 0 aliphatic rings. The molecular formula is C17H23N3O. The van der Waals surface area contributed by atoms with Crippen LogP contribution in [0.1, 0.15) is 60.8 Å². The van der Waals surface area contributed by atoms with Crippen LogP contribution in [0.5, 0.6) is 0 Å². The lowest BCUT2D eigenvalue weighted by molar-refractivity contribution is 0.111. The summed E-state index contributed by atoms with van der Waals surface area (Å²) in [5.74, 6) is 0. The highest BCUT2D eigenvalue weighted by Crippen LogP contribution is 2.13. The first-order valence-corrected chi connectivity index (χ1v) is 7.76. The Morgan fingerprint density at radius 2 is 1.86 bits per heavy atom. The van der Waals surface area contributed by atoms with Crippen LogP contribution in [0.25, 0.3) is 0 Å². The summed E-state index contributed by atoms with van der Waals surface area (Å²) in [4.78, 5) is 11.1. The van der Waals surface area contributed by atoms with Crippen molar-refractivity contribution in [2.75, 3.05) is 0 Å². The summed E-state index contributed by atoms with van der Waals surface area (Å²) in [7, 11) is 0. The van der Waals surface area contributed by atoms with Crippen LogP contribution in [0.3, 0.4) is 0 Å². The number of rotatable bonds is 9. The molecular weight excluding hydrogens is 262 g/mol. The summed E-state index contributed by atoms with van der Waals surface area (Å²) in [6, 6.07) is 10.1. The van der Waals surface area contributed by atoms with E-state index >= 15 is 0 Å². The summed E-state index contributed by atoms with van der Waals surface area (Å²) < 4.78 is 1.89. The predicted molar refractivity (Wildman–Crippen MR) is 83.4 cm³/mol. The van der Waals surface area contributed by atoms with Crippen LogP contribution in [0.2, 0.25) is 0 Å². The lowest BCUT2D eigenvalue weighted by Crippen LogP contribution is -2.07. The molecule has 112 valence electrons. The standard InChI is InChI=1S/C17H23N3O/c1-2-3-4-5-9-12-20-17(16(14-21)18-19-20)13-15-10-7-6-8-11-15/h6-8,10-11,14H,2-5,9,12-13H2,1H3. The molecule has 0 bridgehead atoms. The van der Waals surface area contributed by atoms with Gasteiger partial charge < -0.3 is 0 Å². The van der Waals surface area contributed by atoms with Crippen LogP contribution in [0.15, 0.2) is 30.3 Å². The number of benzene rings is 1. The number of aromatic nitrogens is 3. The molecule has 0 aliphatic heterocycles. The lowest BCUT2D eigenvalue weighted by Gasteiger charge is -2.07. The van der Waals surface area contributed by atoms with Gasteiger partial charge in [-0.3, -0.25) is 4.79 Å². The van der Waals surface area contributed by atoms with Crippen LogP contribution in [0.4, 0.5) is 0 Å². The molecule has 0 N–H and O–H groups in total. The van der Waals surface area contributed by atoms with Gasteiger partial charge in [-0.25, -0.2) is 4.68 Å². The molecule has 2 rings (SSSR count). The fourth-order valence-electron chi connectivity index (χ4n) is 2.45. The molecule has 1 aromatic carbocycles. The van der Waals surface area contributed by atoms with Crippen molar-refractivity contribution in [2.45, 2.75) is 52.0 Å². The van der Waals surface area contributed by atoms with Crippen LogP contribution in [-0.2, 0) is 13.0 Å². The topological polar surface area (TPSA) is 47.8 Å². The maximum absolute atomic E-state index is 11.1. The first-order chi connectivity index (χ1) is 10.3. The molecule has 1 heterocycles. The molecule has 0 saturated heterocycles. The second-order valence-electron chi connectivity index (χ2n) is 5.34. The van der Waals surface area contributed by atoms with Crippen LogP contribution in [0, 0.1) is 0 Å². The van der Waals surface area contributed by atoms with Gasteiger partial charge >= 0.3 is 0 Å². The highest BCUT2D eigenvalue weighted by Gasteiger charge is 2.12. The van der Waals surface area contributed by atoms with Gasteiger partial charge in [0.15, 0.2) is 6.29 Å². The van der Waals surface area contributed by atoms with Crippen molar-refractivity contribution in [3.63, 3.8) is 0 Å². The molecule has 0 unspecified atom stereocenters. The molecule has 0 aliphatic carbocycles.